The number of piperazine rings is 1. The van der Waals surface area contributed by atoms with Gasteiger partial charge in [0, 0.05) is 38.8 Å². The fraction of sp³-hybridized carbons (Fsp3) is 0.375. The summed E-state index contributed by atoms with van der Waals surface area (Å²) < 4.78 is 0. The molecule has 0 saturated carbocycles. The van der Waals surface area contributed by atoms with Gasteiger partial charge in [0.15, 0.2) is 0 Å². The number of hydrogen-bond acceptors (Lipinski definition) is 2. The molecule has 1 aliphatic rings. The van der Waals surface area contributed by atoms with Crippen molar-refractivity contribution in [2.24, 2.45) is 0 Å². The van der Waals surface area contributed by atoms with Crippen molar-refractivity contribution in [3.63, 3.8) is 0 Å². The molecule has 1 saturated heterocycles. The van der Waals surface area contributed by atoms with Crippen LogP contribution in [-0.2, 0) is 11.3 Å². The summed E-state index contributed by atoms with van der Waals surface area (Å²) in [6.45, 7) is 10.9. The van der Waals surface area contributed by atoms with E-state index in [1.54, 1.807) is 6.08 Å². The summed E-state index contributed by atoms with van der Waals surface area (Å²) in [5.41, 5.74) is 5.04. The van der Waals surface area contributed by atoms with Crippen LogP contribution in [0.1, 0.15) is 42.0 Å². The SMILES string of the molecule is Cc1cccc(CN2CCN(C(=O)/C=C/c3ccc(C(C)C)cc3)CC2)c1. The minimum absolute atomic E-state index is 0.109. The number of amides is 1. The van der Waals surface area contributed by atoms with Crippen molar-refractivity contribution in [3.8, 4) is 0 Å². The summed E-state index contributed by atoms with van der Waals surface area (Å²) in [4.78, 5) is 16.9. The second-order valence-electron chi connectivity index (χ2n) is 7.75. The first-order valence-corrected chi connectivity index (χ1v) is 9.86. The maximum atomic E-state index is 12.5. The monoisotopic (exact) mass is 362 g/mol. The molecular formula is C24H30N2O. The first kappa shape index (κ1) is 19.4. The molecule has 3 heteroatoms. The molecule has 2 aromatic carbocycles. The van der Waals surface area contributed by atoms with E-state index in [9.17, 15) is 4.79 Å². The van der Waals surface area contributed by atoms with E-state index in [1.807, 2.05) is 11.0 Å². The number of benzene rings is 2. The van der Waals surface area contributed by atoms with E-state index in [0.29, 0.717) is 5.92 Å². The molecule has 1 fully saturated rings. The molecule has 0 aromatic heterocycles. The van der Waals surface area contributed by atoms with E-state index in [2.05, 4.69) is 74.2 Å². The van der Waals surface area contributed by atoms with Gasteiger partial charge in [-0.1, -0.05) is 67.9 Å². The van der Waals surface area contributed by atoms with Crippen LogP contribution >= 0.6 is 0 Å². The summed E-state index contributed by atoms with van der Waals surface area (Å²) in [7, 11) is 0. The molecule has 142 valence electrons. The highest BCUT2D eigenvalue weighted by molar-refractivity contribution is 5.91. The van der Waals surface area contributed by atoms with Gasteiger partial charge in [-0.05, 0) is 35.6 Å². The highest BCUT2D eigenvalue weighted by Crippen LogP contribution is 2.16. The molecule has 3 nitrogen and oxygen atoms in total. The summed E-state index contributed by atoms with van der Waals surface area (Å²) in [6.07, 6.45) is 3.63. The Labute approximate surface area is 163 Å². The zero-order chi connectivity index (χ0) is 19.2. The third-order valence-electron chi connectivity index (χ3n) is 5.19. The Kier molecular flexibility index (Phi) is 6.46. The van der Waals surface area contributed by atoms with E-state index in [0.717, 1.165) is 38.3 Å². The molecular weight excluding hydrogens is 332 g/mol. The predicted molar refractivity (Wildman–Crippen MR) is 113 cm³/mol. The van der Waals surface area contributed by atoms with Gasteiger partial charge in [-0.3, -0.25) is 9.69 Å². The summed E-state index contributed by atoms with van der Waals surface area (Å²) >= 11 is 0. The van der Waals surface area contributed by atoms with Crippen molar-refractivity contribution >= 4 is 12.0 Å². The number of carbonyl (C=O) groups is 1. The van der Waals surface area contributed by atoms with Gasteiger partial charge in [-0.25, -0.2) is 0 Å². The van der Waals surface area contributed by atoms with Crippen molar-refractivity contribution in [1.82, 2.24) is 9.80 Å². The lowest BCUT2D eigenvalue weighted by molar-refractivity contribution is -0.127. The molecule has 0 aliphatic carbocycles. The van der Waals surface area contributed by atoms with Gasteiger partial charge < -0.3 is 4.90 Å². The van der Waals surface area contributed by atoms with Gasteiger partial charge in [0.25, 0.3) is 0 Å². The molecule has 0 unspecified atom stereocenters. The van der Waals surface area contributed by atoms with Crippen LogP contribution in [0.4, 0.5) is 0 Å². The lowest BCUT2D eigenvalue weighted by Gasteiger charge is -2.34. The summed E-state index contributed by atoms with van der Waals surface area (Å²) in [5, 5.41) is 0. The van der Waals surface area contributed by atoms with Gasteiger partial charge in [0.1, 0.15) is 0 Å². The van der Waals surface area contributed by atoms with E-state index >= 15 is 0 Å². The Morgan fingerprint density at radius 2 is 1.74 bits per heavy atom. The molecule has 0 spiro atoms. The average Bonchev–Trinajstić information content (AvgIpc) is 2.67. The summed E-state index contributed by atoms with van der Waals surface area (Å²) in [5.74, 6) is 0.638. The van der Waals surface area contributed by atoms with Gasteiger partial charge in [0.2, 0.25) is 5.91 Å². The smallest absolute Gasteiger partial charge is 0.246 e. The van der Waals surface area contributed by atoms with E-state index in [4.69, 9.17) is 0 Å². The van der Waals surface area contributed by atoms with Gasteiger partial charge in [0.05, 0.1) is 0 Å². The topological polar surface area (TPSA) is 23.6 Å². The minimum Gasteiger partial charge on any atom is -0.337 e. The Hall–Kier alpha value is -2.39. The second kappa shape index (κ2) is 9.01. The van der Waals surface area contributed by atoms with Crippen LogP contribution in [-0.4, -0.2) is 41.9 Å². The summed E-state index contributed by atoms with van der Waals surface area (Å²) in [6, 6.07) is 17.1. The Morgan fingerprint density at radius 3 is 2.37 bits per heavy atom. The van der Waals surface area contributed by atoms with Crippen molar-refractivity contribution in [2.45, 2.75) is 33.2 Å². The van der Waals surface area contributed by atoms with Gasteiger partial charge in [-0.2, -0.15) is 0 Å². The quantitative estimate of drug-likeness (QED) is 0.733. The lowest BCUT2D eigenvalue weighted by atomic mass is 10.0. The first-order valence-electron chi connectivity index (χ1n) is 9.86. The van der Waals surface area contributed by atoms with Crippen LogP contribution < -0.4 is 0 Å². The maximum Gasteiger partial charge on any atom is 0.246 e. The number of carbonyl (C=O) groups excluding carboxylic acids is 1. The Bertz CT molecular complexity index is 784. The molecule has 0 N–H and O–H groups in total. The molecule has 1 heterocycles. The van der Waals surface area contributed by atoms with Crippen LogP contribution in [0.2, 0.25) is 0 Å². The highest BCUT2D eigenvalue weighted by atomic mass is 16.2. The van der Waals surface area contributed by atoms with Crippen LogP contribution in [0.5, 0.6) is 0 Å². The number of aryl methyl sites for hydroxylation is 1. The van der Waals surface area contributed by atoms with Gasteiger partial charge in [-0.15, -0.1) is 0 Å². The standard InChI is InChI=1S/C24H30N2O/c1-19(2)23-10-7-21(8-11-23)9-12-24(27)26-15-13-25(14-16-26)18-22-6-4-5-20(3)17-22/h4-12,17,19H,13-16,18H2,1-3H3/b12-9+. The number of rotatable bonds is 5. The van der Waals surface area contributed by atoms with Crippen molar-refractivity contribution in [3.05, 3.63) is 76.9 Å². The zero-order valence-electron chi connectivity index (χ0n) is 16.7. The molecule has 2 aromatic rings. The fourth-order valence-electron chi connectivity index (χ4n) is 3.46. The number of nitrogens with zero attached hydrogens (tertiary/aromatic N) is 2. The molecule has 1 aliphatic heterocycles. The second-order valence-corrected chi connectivity index (χ2v) is 7.75. The van der Waals surface area contributed by atoms with Crippen molar-refractivity contribution < 1.29 is 4.79 Å². The Morgan fingerprint density at radius 1 is 1.04 bits per heavy atom. The lowest BCUT2D eigenvalue weighted by Crippen LogP contribution is -2.47. The normalized spacial score (nSPS) is 15.6. The predicted octanol–water partition coefficient (Wildman–Crippen LogP) is 4.48. The average molecular weight is 363 g/mol. The van der Waals surface area contributed by atoms with Gasteiger partial charge >= 0.3 is 0 Å². The molecule has 27 heavy (non-hydrogen) atoms. The molecule has 0 radical (unpaired) electrons. The van der Waals surface area contributed by atoms with E-state index in [-0.39, 0.29) is 5.91 Å². The van der Waals surface area contributed by atoms with Crippen LogP contribution in [0.15, 0.2) is 54.6 Å². The fourth-order valence-corrected chi connectivity index (χ4v) is 3.46. The third-order valence-corrected chi connectivity index (χ3v) is 5.19. The molecule has 3 rings (SSSR count). The van der Waals surface area contributed by atoms with Crippen LogP contribution in [0.25, 0.3) is 6.08 Å². The van der Waals surface area contributed by atoms with E-state index < -0.39 is 0 Å². The molecule has 1 amide bonds. The first-order chi connectivity index (χ1) is 13.0. The highest BCUT2D eigenvalue weighted by Gasteiger charge is 2.19. The third kappa shape index (κ3) is 5.54. The largest absolute Gasteiger partial charge is 0.337 e. The molecule has 0 bridgehead atoms. The van der Waals surface area contributed by atoms with E-state index in [1.165, 1.54) is 16.7 Å². The molecule has 0 atom stereocenters. The minimum atomic E-state index is 0.109. The number of hydrogen-bond donors (Lipinski definition) is 0. The van der Waals surface area contributed by atoms with Crippen molar-refractivity contribution in [2.75, 3.05) is 26.2 Å². The maximum absolute atomic E-state index is 12.5. The van der Waals surface area contributed by atoms with Crippen LogP contribution in [0, 0.1) is 6.92 Å². The zero-order valence-corrected chi connectivity index (χ0v) is 16.7. The van der Waals surface area contributed by atoms with Crippen LogP contribution in [0.3, 0.4) is 0 Å². The Balaban J connectivity index is 1.49. The van der Waals surface area contributed by atoms with Crippen molar-refractivity contribution in [1.29, 1.82) is 0 Å².